The highest BCUT2D eigenvalue weighted by Crippen LogP contribution is 2.28. The van der Waals surface area contributed by atoms with Crippen LogP contribution in [0.3, 0.4) is 0 Å². The molecule has 0 unspecified atom stereocenters. The number of imidazole rings is 1. The molecule has 120 valence electrons. The molecule has 24 heavy (non-hydrogen) atoms. The molecule has 2 heterocycles. The Hall–Kier alpha value is -3.08. The standard InChI is InChI=1S/C19H18N4O/c1-22-13-20-19-17(4-3-5-18(19)22)14-6-8-16(9-7-14)24-12-15-10-11-23(2)21-15/h3-11,13H,12H2,1-2H3. The van der Waals surface area contributed by atoms with Gasteiger partial charge in [-0.2, -0.15) is 5.10 Å². The minimum absolute atomic E-state index is 0.468. The maximum Gasteiger partial charge on any atom is 0.132 e. The second-order valence-electron chi connectivity index (χ2n) is 5.82. The molecule has 0 saturated heterocycles. The summed E-state index contributed by atoms with van der Waals surface area (Å²) in [5, 5.41) is 4.31. The Balaban J connectivity index is 1.56. The third-order valence-electron chi connectivity index (χ3n) is 4.08. The maximum absolute atomic E-state index is 5.79. The summed E-state index contributed by atoms with van der Waals surface area (Å²) in [6, 6.07) is 16.3. The fourth-order valence-electron chi connectivity index (χ4n) is 2.82. The number of benzene rings is 2. The number of rotatable bonds is 4. The van der Waals surface area contributed by atoms with E-state index in [4.69, 9.17) is 4.74 Å². The van der Waals surface area contributed by atoms with Crippen LogP contribution in [0.15, 0.2) is 61.1 Å². The number of ether oxygens (including phenoxy) is 1. The molecule has 0 radical (unpaired) electrons. The van der Waals surface area contributed by atoms with E-state index in [9.17, 15) is 0 Å². The first-order valence-electron chi connectivity index (χ1n) is 7.82. The predicted molar refractivity (Wildman–Crippen MR) is 93.7 cm³/mol. The van der Waals surface area contributed by atoms with Crippen molar-refractivity contribution < 1.29 is 4.74 Å². The van der Waals surface area contributed by atoms with Crippen LogP contribution < -0.4 is 4.74 Å². The summed E-state index contributed by atoms with van der Waals surface area (Å²) in [5.41, 5.74) is 5.32. The molecule has 4 aromatic rings. The van der Waals surface area contributed by atoms with Crippen LogP contribution in [-0.4, -0.2) is 19.3 Å². The smallest absolute Gasteiger partial charge is 0.132 e. The fraction of sp³-hybridized carbons (Fsp3) is 0.158. The molecule has 5 heteroatoms. The number of para-hydroxylation sites is 1. The first-order chi connectivity index (χ1) is 11.7. The quantitative estimate of drug-likeness (QED) is 0.578. The van der Waals surface area contributed by atoms with E-state index in [1.165, 1.54) is 0 Å². The third-order valence-corrected chi connectivity index (χ3v) is 4.08. The van der Waals surface area contributed by atoms with E-state index in [1.54, 1.807) is 4.68 Å². The lowest BCUT2D eigenvalue weighted by molar-refractivity contribution is 0.300. The minimum atomic E-state index is 0.468. The second-order valence-corrected chi connectivity index (χ2v) is 5.82. The highest BCUT2D eigenvalue weighted by molar-refractivity contribution is 5.92. The zero-order valence-corrected chi connectivity index (χ0v) is 13.7. The Labute approximate surface area is 140 Å². The first kappa shape index (κ1) is 14.5. The lowest BCUT2D eigenvalue weighted by atomic mass is 10.0. The lowest BCUT2D eigenvalue weighted by Crippen LogP contribution is -1.97. The molecule has 0 aliphatic heterocycles. The zero-order chi connectivity index (χ0) is 16.5. The fourth-order valence-corrected chi connectivity index (χ4v) is 2.82. The van der Waals surface area contributed by atoms with E-state index in [0.717, 1.165) is 33.6 Å². The van der Waals surface area contributed by atoms with Crippen LogP contribution in [0.25, 0.3) is 22.2 Å². The first-order valence-corrected chi connectivity index (χ1v) is 7.82. The average molecular weight is 318 g/mol. The molecule has 0 spiro atoms. The van der Waals surface area contributed by atoms with E-state index in [2.05, 4.69) is 40.4 Å². The van der Waals surface area contributed by atoms with E-state index >= 15 is 0 Å². The number of aromatic nitrogens is 4. The van der Waals surface area contributed by atoms with Crippen LogP contribution in [-0.2, 0) is 20.7 Å². The van der Waals surface area contributed by atoms with Gasteiger partial charge in [-0.25, -0.2) is 4.98 Å². The summed E-state index contributed by atoms with van der Waals surface area (Å²) in [5.74, 6) is 0.831. The molecule has 2 aromatic carbocycles. The van der Waals surface area contributed by atoms with Gasteiger partial charge in [-0.1, -0.05) is 24.3 Å². The molecule has 0 fully saturated rings. The molecule has 2 aromatic heterocycles. The van der Waals surface area contributed by atoms with Gasteiger partial charge in [0.15, 0.2) is 0 Å². The number of nitrogens with zero attached hydrogens (tertiary/aromatic N) is 4. The van der Waals surface area contributed by atoms with Crippen LogP contribution >= 0.6 is 0 Å². The van der Waals surface area contributed by atoms with Gasteiger partial charge < -0.3 is 9.30 Å². The van der Waals surface area contributed by atoms with Crippen molar-refractivity contribution in [2.75, 3.05) is 0 Å². The molecule has 0 atom stereocenters. The molecule has 0 saturated carbocycles. The molecule has 0 aliphatic rings. The number of hydrogen-bond acceptors (Lipinski definition) is 3. The molecule has 4 rings (SSSR count). The number of aryl methyl sites for hydroxylation is 2. The normalized spacial score (nSPS) is 11.1. The van der Waals surface area contributed by atoms with E-state index in [-0.39, 0.29) is 0 Å². The molecular formula is C19H18N4O. The maximum atomic E-state index is 5.79. The predicted octanol–water partition coefficient (Wildman–Crippen LogP) is 3.55. The molecule has 0 bridgehead atoms. The average Bonchev–Trinajstić information content (AvgIpc) is 3.20. The van der Waals surface area contributed by atoms with Gasteiger partial charge in [0.2, 0.25) is 0 Å². The molecule has 0 amide bonds. The van der Waals surface area contributed by atoms with Crippen molar-refractivity contribution in [3.8, 4) is 16.9 Å². The Morgan fingerprint density at radius 2 is 1.83 bits per heavy atom. The Morgan fingerprint density at radius 1 is 1.00 bits per heavy atom. The van der Waals surface area contributed by atoms with Gasteiger partial charge in [0.05, 0.1) is 23.1 Å². The lowest BCUT2D eigenvalue weighted by Gasteiger charge is -2.07. The highest BCUT2D eigenvalue weighted by atomic mass is 16.5. The van der Waals surface area contributed by atoms with Crippen molar-refractivity contribution in [2.24, 2.45) is 14.1 Å². The summed E-state index contributed by atoms with van der Waals surface area (Å²) < 4.78 is 9.60. The van der Waals surface area contributed by atoms with Gasteiger partial charge in [0.1, 0.15) is 12.4 Å². The largest absolute Gasteiger partial charge is 0.487 e. The van der Waals surface area contributed by atoms with Crippen molar-refractivity contribution >= 4 is 11.0 Å². The van der Waals surface area contributed by atoms with Crippen molar-refractivity contribution in [3.05, 3.63) is 66.7 Å². The van der Waals surface area contributed by atoms with Gasteiger partial charge in [-0.3, -0.25) is 4.68 Å². The second kappa shape index (κ2) is 5.85. The van der Waals surface area contributed by atoms with Crippen molar-refractivity contribution in [1.82, 2.24) is 19.3 Å². The van der Waals surface area contributed by atoms with Crippen LogP contribution in [0.5, 0.6) is 5.75 Å². The van der Waals surface area contributed by atoms with Gasteiger partial charge >= 0.3 is 0 Å². The topological polar surface area (TPSA) is 44.9 Å². The van der Waals surface area contributed by atoms with Gasteiger partial charge in [-0.15, -0.1) is 0 Å². The zero-order valence-electron chi connectivity index (χ0n) is 13.7. The van der Waals surface area contributed by atoms with E-state index in [1.807, 2.05) is 49.4 Å². The van der Waals surface area contributed by atoms with Gasteiger partial charge in [-0.05, 0) is 29.8 Å². The van der Waals surface area contributed by atoms with Gasteiger partial charge in [0.25, 0.3) is 0 Å². The summed E-state index contributed by atoms with van der Waals surface area (Å²) >= 11 is 0. The summed E-state index contributed by atoms with van der Waals surface area (Å²) in [4.78, 5) is 4.52. The minimum Gasteiger partial charge on any atom is -0.487 e. The monoisotopic (exact) mass is 318 g/mol. The van der Waals surface area contributed by atoms with E-state index in [0.29, 0.717) is 6.61 Å². The van der Waals surface area contributed by atoms with Crippen LogP contribution in [0.1, 0.15) is 5.69 Å². The Kier molecular flexibility index (Phi) is 3.54. The van der Waals surface area contributed by atoms with Crippen LogP contribution in [0, 0.1) is 0 Å². The molecular weight excluding hydrogens is 300 g/mol. The number of fused-ring (bicyclic) bond motifs is 1. The summed E-state index contributed by atoms with van der Waals surface area (Å²) in [7, 11) is 3.91. The third kappa shape index (κ3) is 2.65. The van der Waals surface area contributed by atoms with Crippen LogP contribution in [0.4, 0.5) is 0 Å². The highest BCUT2D eigenvalue weighted by Gasteiger charge is 2.08. The summed E-state index contributed by atoms with van der Waals surface area (Å²) in [6.45, 7) is 0.468. The van der Waals surface area contributed by atoms with Gasteiger partial charge in [0, 0.05) is 25.9 Å². The Bertz CT molecular complexity index is 982. The van der Waals surface area contributed by atoms with Crippen molar-refractivity contribution in [3.63, 3.8) is 0 Å². The molecule has 5 nitrogen and oxygen atoms in total. The molecule has 0 N–H and O–H groups in total. The summed E-state index contributed by atoms with van der Waals surface area (Å²) in [6.07, 6.45) is 3.76. The van der Waals surface area contributed by atoms with Crippen molar-refractivity contribution in [1.29, 1.82) is 0 Å². The SMILES string of the molecule is Cn1ccc(COc2ccc(-c3cccc4c3ncn4C)cc2)n1. The van der Waals surface area contributed by atoms with E-state index < -0.39 is 0 Å². The van der Waals surface area contributed by atoms with Crippen LogP contribution in [0.2, 0.25) is 0 Å². The Morgan fingerprint density at radius 3 is 2.58 bits per heavy atom. The number of hydrogen-bond donors (Lipinski definition) is 0. The van der Waals surface area contributed by atoms with Crippen molar-refractivity contribution in [2.45, 2.75) is 6.61 Å². The molecule has 0 aliphatic carbocycles.